The van der Waals surface area contributed by atoms with Crippen LogP contribution in [0, 0.1) is 13.8 Å². The second-order valence-electron chi connectivity index (χ2n) is 6.32. The average molecular weight is 380 g/mol. The number of benzene rings is 2. The van der Waals surface area contributed by atoms with E-state index in [0.29, 0.717) is 17.0 Å². The zero-order chi connectivity index (χ0) is 20.1. The first-order chi connectivity index (χ1) is 13.4. The minimum absolute atomic E-state index is 0.0601. The van der Waals surface area contributed by atoms with Crippen LogP contribution in [0.1, 0.15) is 16.7 Å². The van der Waals surface area contributed by atoms with E-state index in [1.54, 1.807) is 24.3 Å². The summed E-state index contributed by atoms with van der Waals surface area (Å²) in [5, 5.41) is 4.73. The number of carbonyl (C=O) groups excluding carboxylic acids is 3. The number of nitrogens with one attached hydrogen (secondary N) is 2. The van der Waals surface area contributed by atoms with Crippen molar-refractivity contribution in [2.45, 2.75) is 13.8 Å². The van der Waals surface area contributed by atoms with Crippen LogP contribution in [0.25, 0.3) is 6.08 Å². The second kappa shape index (κ2) is 8.39. The lowest BCUT2D eigenvalue weighted by Crippen LogP contribution is -2.37. The Morgan fingerprint density at radius 1 is 1.07 bits per heavy atom. The maximum Gasteiger partial charge on any atom is 0.338 e. The summed E-state index contributed by atoms with van der Waals surface area (Å²) in [5.74, 6) is -0.714. The van der Waals surface area contributed by atoms with Gasteiger partial charge in [-0.05, 0) is 43.2 Å². The predicted molar refractivity (Wildman–Crippen MR) is 104 cm³/mol. The Morgan fingerprint density at radius 3 is 2.68 bits per heavy atom. The fraction of sp³-hybridized carbons (Fsp3) is 0.190. The van der Waals surface area contributed by atoms with Gasteiger partial charge in [-0.3, -0.25) is 10.1 Å². The number of rotatable bonds is 4. The highest BCUT2D eigenvalue weighted by atomic mass is 16.5. The predicted octanol–water partition coefficient (Wildman–Crippen LogP) is 2.97. The van der Waals surface area contributed by atoms with Gasteiger partial charge >= 0.3 is 12.0 Å². The Balaban J connectivity index is 1.50. The van der Waals surface area contributed by atoms with Crippen LogP contribution < -0.4 is 15.4 Å². The molecule has 7 heteroatoms. The van der Waals surface area contributed by atoms with Crippen molar-refractivity contribution >= 4 is 29.7 Å². The van der Waals surface area contributed by atoms with Gasteiger partial charge in [0.1, 0.15) is 12.4 Å². The molecule has 1 aliphatic rings. The minimum atomic E-state index is -0.728. The lowest BCUT2D eigenvalue weighted by Gasteiger charge is -2.16. The molecule has 0 saturated carbocycles. The molecule has 2 aromatic rings. The van der Waals surface area contributed by atoms with Gasteiger partial charge in [0.25, 0.3) is 5.91 Å². The van der Waals surface area contributed by atoms with Gasteiger partial charge in [-0.2, -0.15) is 0 Å². The molecule has 0 radical (unpaired) electrons. The van der Waals surface area contributed by atoms with Crippen molar-refractivity contribution in [3.05, 3.63) is 64.7 Å². The van der Waals surface area contributed by atoms with Gasteiger partial charge in [0.15, 0.2) is 6.61 Å². The molecule has 0 aromatic heterocycles. The van der Waals surface area contributed by atoms with Crippen LogP contribution in [0.15, 0.2) is 48.0 Å². The molecule has 0 spiro atoms. The number of anilines is 1. The number of hydrogen-bond donors (Lipinski definition) is 2. The standard InChI is InChI=1S/C21H20N2O5/c1-13-6-5-8-17(14(13)2)22-21(26)23-19(24)12-28-20(25)16-10-15-7-3-4-9-18(15)27-11-16/h3-10H,11-12H2,1-2H3,(H2,22,23,24,26). The number of para-hydroxylation sites is 1. The first-order valence-corrected chi connectivity index (χ1v) is 8.70. The minimum Gasteiger partial charge on any atom is -0.488 e. The molecule has 0 aliphatic carbocycles. The normalized spacial score (nSPS) is 12.1. The van der Waals surface area contributed by atoms with Gasteiger partial charge in [-0.25, -0.2) is 9.59 Å². The van der Waals surface area contributed by atoms with Gasteiger partial charge in [-0.1, -0.05) is 30.3 Å². The highest BCUT2D eigenvalue weighted by Gasteiger charge is 2.19. The molecule has 0 bridgehead atoms. The molecule has 2 aromatic carbocycles. The quantitative estimate of drug-likeness (QED) is 0.796. The molecule has 7 nitrogen and oxygen atoms in total. The van der Waals surface area contributed by atoms with E-state index < -0.39 is 24.5 Å². The highest BCUT2D eigenvalue weighted by molar-refractivity contribution is 6.03. The lowest BCUT2D eigenvalue weighted by atomic mass is 10.1. The number of hydrogen-bond acceptors (Lipinski definition) is 5. The van der Waals surface area contributed by atoms with Crippen molar-refractivity contribution in [1.82, 2.24) is 5.32 Å². The molecule has 28 heavy (non-hydrogen) atoms. The molecule has 1 heterocycles. The van der Waals surface area contributed by atoms with E-state index in [0.717, 1.165) is 16.7 Å². The summed E-state index contributed by atoms with van der Waals surface area (Å²) in [6.07, 6.45) is 1.66. The number of urea groups is 1. The van der Waals surface area contributed by atoms with Crippen molar-refractivity contribution < 1.29 is 23.9 Å². The third-order valence-corrected chi connectivity index (χ3v) is 4.33. The molecular weight excluding hydrogens is 360 g/mol. The number of esters is 1. The SMILES string of the molecule is Cc1cccc(NC(=O)NC(=O)COC(=O)C2=Cc3ccccc3OC2)c1C. The highest BCUT2D eigenvalue weighted by Crippen LogP contribution is 2.26. The Bertz CT molecular complexity index is 965. The summed E-state index contributed by atoms with van der Waals surface area (Å²) in [4.78, 5) is 36.0. The second-order valence-corrected chi connectivity index (χ2v) is 6.32. The molecule has 0 fully saturated rings. The summed E-state index contributed by atoms with van der Waals surface area (Å²) < 4.78 is 10.5. The van der Waals surface area contributed by atoms with Crippen LogP contribution in [0.3, 0.4) is 0 Å². The van der Waals surface area contributed by atoms with E-state index >= 15 is 0 Å². The number of ether oxygens (including phenoxy) is 2. The molecular formula is C21H20N2O5. The number of fused-ring (bicyclic) bond motifs is 1. The maximum atomic E-state index is 12.1. The van der Waals surface area contributed by atoms with Crippen LogP contribution in [-0.4, -0.2) is 31.1 Å². The smallest absolute Gasteiger partial charge is 0.338 e. The van der Waals surface area contributed by atoms with E-state index in [1.807, 2.05) is 38.1 Å². The topological polar surface area (TPSA) is 93.7 Å². The monoisotopic (exact) mass is 380 g/mol. The van der Waals surface area contributed by atoms with Gasteiger partial charge in [0, 0.05) is 11.3 Å². The molecule has 3 rings (SSSR count). The van der Waals surface area contributed by atoms with Crippen LogP contribution in [0.4, 0.5) is 10.5 Å². The number of aryl methyl sites for hydroxylation is 1. The molecule has 1 aliphatic heterocycles. The van der Waals surface area contributed by atoms with Crippen molar-refractivity contribution in [3.63, 3.8) is 0 Å². The number of imide groups is 1. The molecule has 144 valence electrons. The van der Waals surface area contributed by atoms with Crippen molar-refractivity contribution in [2.24, 2.45) is 0 Å². The molecule has 0 saturated heterocycles. The first kappa shape index (κ1) is 19.2. The largest absolute Gasteiger partial charge is 0.488 e. The average Bonchev–Trinajstić information content (AvgIpc) is 2.69. The van der Waals surface area contributed by atoms with Crippen LogP contribution in [0.5, 0.6) is 5.75 Å². The van der Waals surface area contributed by atoms with E-state index in [1.165, 1.54) is 0 Å². The van der Waals surface area contributed by atoms with E-state index in [-0.39, 0.29) is 6.61 Å². The Kier molecular flexibility index (Phi) is 5.74. The van der Waals surface area contributed by atoms with Crippen LogP contribution >= 0.6 is 0 Å². The maximum absolute atomic E-state index is 12.1. The fourth-order valence-corrected chi connectivity index (χ4v) is 2.66. The Labute approximate surface area is 162 Å². The van der Waals surface area contributed by atoms with Crippen molar-refractivity contribution in [3.8, 4) is 5.75 Å². The van der Waals surface area contributed by atoms with E-state index in [4.69, 9.17) is 9.47 Å². The van der Waals surface area contributed by atoms with Gasteiger partial charge in [0.2, 0.25) is 0 Å². The molecule has 3 amide bonds. The summed E-state index contributed by atoms with van der Waals surface area (Å²) in [7, 11) is 0. The van der Waals surface area contributed by atoms with Crippen molar-refractivity contribution in [1.29, 1.82) is 0 Å². The van der Waals surface area contributed by atoms with Gasteiger partial charge < -0.3 is 14.8 Å². The Morgan fingerprint density at radius 2 is 1.86 bits per heavy atom. The summed E-state index contributed by atoms with van der Waals surface area (Å²) in [6, 6.07) is 12.1. The number of amides is 3. The summed E-state index contributed by atoms with van der Waals surface area (Å²) in [5.41, 5.74) is 3.58. The fourth-order valence-electron chi connectivity index (χ4n) is 2.66. The number of carbonyl (C=O) groups is 3. The zero-order valence-electron chi connectivity index (χ0n) is 15.6. The summed E-state index contributed by atoms with van der Waals surface area (Å²) in [6.45, 7) is 3.28. The van der Waals surface area contributed by atoms with Crippen LogP contribution in [0.2, 0.25) is 0 Å². The molecule has 0 atom stereocenters. The van der Waals surface area contributed by atoms with Crippen molar-refractivity contribution in [2.75, 3.05) is 18.5 Å². The first-order valence-electron chi connectivity index (χ1n) is 8.70. The summed E-state index contributed by atoms with van der Waals surface area (Å²) >= 11 is 0. The third-order valence-electron chi connectivity index (χ3n) is 4.33. The lowest BCUT2D eigenvalue weighted by molar-refractivity contribution is -0.144. The van der Waals surface area contributed by atoms with Gasteiger partial charge in [0.05, 0.1) is 5.57 Å². The third kappa shape index (κ3) is 4.56. The van der Waals surface area contributed by atoms with E-state index in [9.17, 15) is 14.4 Å². The molecule has 2 N–H and O–H groups in total. The zero-order valence-corrected chi connectivity index (χ0v) is 15.6. The van der Waals surface area contributed by atoms with Crippen LogP contribution in [-0.2, 0) is 14.3 Å². The van der Waals surface area contributed by atoms with E-state index in [2.05, 4.69) is 10.6 Å². The molecule has 0 unspecified atom stereocenters. The van der Waals surface area contributed by atoms with Gasteiger partial charge in [-0.15, -0.1) is 0 Å². The Hall–Kier alpha value is -3.61.